The summed E-state index contributed by atoms with van der Waals surface area (Å²) in [5.74, 6) is 0. The molecule has 4 heteroatoms. The first-order valence-corrected chi connectivity index (χ1v) is 6.79. The molecule has 1 atom stereocenters. The predicted octanol–water partition coefficient (Wildman–Crippen LogP) is 1.89. The largest absolute Gasteiger partial charge is 0.377 e. The van der Waals surface area contributed by atoms with Crippen molar-refractivity contribution in [2.75, 3.05) is 40.0 Å². The van der Waals surface area contributed by atoms with Crippen LogP contribution in [0.5, 0.6) is 0 Å². The van der Waals surface area contributed by atoms with Crippen molar-refractivity contribution in [3.63, 3.8) is 0 Å². The van der Waals surface area contributed by atoms with Gasteiger partial charge in [0.05, 0.1) is 6.10 Å². The Balaban J connectivity index is 2.13. The Bertz CT molecular complexity index is 178. The smallest absolute Gasteiger partial charge is 0.158 e. The number of ether oxygens (including phenoxy) is 3. The van der Waals surface area contributed by atoms with Crippen molar-refractivity contribution in [1.29, 1.82) is 0 Å². The summed E-state index contributed by atoms with van der Waals surface area (Å²) in [4.78, 5) is 2.31. The van der Waals surface area contributed by atoms with Gasteiger partial charge in [0.25, 0.3) is 0 Å². The fraction of sp³-hybridized carbons (Fsp3) is 1.00. The third-order valence-electron chi connectivity index (χ3n) is 2.99. The van der Waals surface area contributed by atoms with Crippen molar-refractivity contribution in [1.82, 2.24) is 4.90 Å². The van der Waals surface area contributed by atoms with E-state index in [1.807, 2.05) is 13.8 Å². The summed E-state index contributed by atoms with van der Waals surface area (Å²) in [7, 11) is 2.14. The van der Waals surface area contributed by atoms with E-state index in [9.17, 15) is 0 Å². The minimum absolute atomic E-state index is 0.0584. The molecule has 0 radical (unpaired) electrons. The molecule has 1 aliphatic heterocycles. The molecule has 17 heavy (non-hydrogen) atoms. The highest BCUT2D eigenvalue weighted by molar-refractivity contribution is 4.68. The molecular formula is C13H27NO3. The molecule has 0 bridgehead atoms. The molecule has 0 amide bonds. The molecule has 102 valence electrons. The van der Waals surface area contributed by atoms with Crippen LogP contribution in [-0.2, 0) is 14.2 Å². The number of likely N-dealkylation sites (N-methyl/N-ethyl adjacent to an activating group) is 1. The molecule has 0 saturated carbocycles. The minimum Gasteiger partial charge on any atom is -0.377 e. The SMILES string of the molecule is CCOC(CCN(C)CC1CCCO1)OCC. The van der Waals surface area contributed by atoms with Gasteiger partial charge >= 0.3 is 0 Å². The highest BCUT2D eigenvalue weighted by atomic mass is 16.7. The van der Waals surface area contributed by atoms with E-state index in [1.165, 1.54) is 12.8 Å². The highest BCUT2D eigenvalue weighted by Gasteiger charge is 2.18. The summed E-state index contributed by atoms with van der Waals surface area (Å²) >= 11 is 0. The van der Waals surface area contributed by atoms with Crippen molar-refractivity contribution in [3.8, 4) is 0 Å². The monoisotopic (exact) mass is 245 g/mol. The first-order valence-electron chi connectivity index (χ1n) is 6.79. The lowest BCUT2D eigenvalue weighted by molar-refractivity contribution is -0.141. The van der Waals surface area contributed by atoms with Crippen molar-refractivity contribution < 1.29 is 14.2 Å². The van der Waals surface area contributed by atoms with Gasteiger partial charge in [-0.1, -0.05) is 0 Å². The summed E-state index contributed by atoms with van der Waals surface area (Å²) in [6.45, 7) is 8.36. The zero-order valence-corrected chi connectivity index (χ0v) is 11.5. The van der Waals surface area contributed by atoms with E-state index in [2.05, 4.69) is 11.9 Å². The summed E-state index contributed by atoms with van der Waals surface area (Å²) in [6.07, 6.45) is 3.70. The number of rotatable bonds is 9. The predicted molar refractivity (Wildman–Crippen MR) is 68.1 cm³/mol. The van der Waals surface area contributed by atoms with E-state index < -0.39 is 0 Å². The zero-order chi connectivity index (χ0) is 12.5. The van der Waals surface area contributed by atoms with Crippen LogP contribution >= 0.6 is 0 Å². The summed E-state index contributed by atoms with van der Waals surface area (Å²) < 4.78 is 16.7. The van der Waals surface area contributed by atoms with Crippen LogP contribution in [0, 0.1) is 0 Å². The highest BCUT2D eigenvalue weighted by Crippen LogP contribution is 2.13. The number of nitrogens with zero attached hydrogens (tertiary/aromatic N) is 1. The molecule has 1 aliphatic rings. The second-order valence-electron chi connectivity index (χ2n) is 4.53. The summed E-state index contributed by atoms with van der Waals surface area (Å²) in [5, 5.41) is 0. The number of hydrogen-bond donors (Lipinski definition) is 0. The Morgan fingerprint density at radius 2 is 2.00 bits per heavy atom. The molecule has 1 unspecified atom stereocenters. The Hall–Kier alpha value is -0.160. The molecule has 4 nitrogen and oxygen atoms in total. The Labute approximate surface area is 105 Å². The molecule has 1 fully saturated rings. The van der Waals surface area contributed by atoms with E-state index in [0.717, 1.165) is 26.1 Å². The van der Waals surface area contributed by atoms with Crippen LogP contribution in [0.25, 0.3) is 0 Å². The zero-order valence-electron chi connectivity index (χ0n) is 11.5. The maximum Gasteiger partial charge on any atom is 0.158 e. The number of hydrogen-bond acceptors (Lipinski definition) is 4. The van der Waals surface area contributed by atoms with Crippen LogP contribution in [0.1, 0.15) is 33.1 Å². The van der Waals surface area contributed by atoms with E-state index in [4.69, 9.17) is 14.2 Å². The molecular weight excluding hydrogens is 218 g/mol. The van der Waals surface area contributed by atoms with Crippen LogP contribution in [0.3, 0.4) is 0 Å². The molecule has 0 N–H and O–H groups in total. The van der Waals surface area contributed by atoms with Gasteiger partial charge in [0.1, 0.15) is 0 Å². The van der Waals surface area contributed by atoms with Crippen LogP contribution in [-0.4, -0.2) is 57.3 Å². The van der Waals surface area contributed by atoms with Gasteiger partial charge in [-0.2, -0.15) is 0 Å². The van der Waals surface area contributed by atoms with E-state index in [0.29, 0.717) is 19.3 Å². The second kappa shape index (κ2) is 8.86. The van der Waals surface area contributed by atoms with Crippen molar-refractivity contribution in [3.05, 3.63) is 0 Å². The summed E-state index contributed by atoms with van der Waals surface area (Å²) in [6, 6.07) is 0. The first kappa shape index (κ1) is 14.9. The Morgan fingerprint density at radius 1 is 1.29 bits per heavy atom. The van der Waals surface area contributed by atoms with E-state index >= 15 is 0 Å². The van der Waals surface area contributed by atoms with Crippen LogP contribution in [0.2, 0.25) is 0 Å². The van der Waals surface area contributed by atoms with Gasteiger partial charge in [-0.25, -0.2) is 0 Å². The van der Waals surface area contributed by atoms with Gasteiger partial charge in [0.2, 0.25) is 0 Å². The van der Waals surface area contributed by atoms with Crippen molar-refractivity contribution in [2.45, 2.75) is 45.5 Å². The fourth-order valence-corrected chi connectivity index (χ4v) is 2.14. The molecule has 0 aromatic heterocycles. The topological polar surface area (TPSA) is 30.9 Å². The van der Waals surface area contributed by atoms with Crippen LogP contribution in [0.15, 0.2) is 0 Å². The average molecular weight is 245 g/mol. The second-order valence-corrected chi connectivity index (χ2v) is 4.53. The van der Waals surface area contributed by atoms with Gasteiger partial charge in [-0.3, -0.25) is 0 Å². The maximum absolute atomic E-state index is 5.62. The van der Waals surface area contributed by atoms with Gasteiger partial charge < -0.3 is 19.1 Å². The van der Waals surface area contributed by atoms with Gasteiger partial charge in [0, 0.05) is 39.3 Å². The van der Waals surface area contributed by atoms with Crippen molar-refractivity contribution in [2.24, 2.45) is 0 Å². The first-order chi connectivity index (χ1) is 8.26. The quantitative estimate of drug-likeness (QED) is 0.580. The van der Waals surface area contributed by atoms with Gasteiger partial charge in [0.15, 0.2) is 6.29 Å². The van der Waals surface area contributed by atoms with E-state index in [-0.39, 0.29) is 6.29 Å². The molecule has 1 heterocycles. The normalized spacial score (nSPS) is 20.6. The lowest BCUT2D eigenvalue weighted by Gasteiger charge is -2.23. The average Bonchev–Trinajstić information content (AvgIpc) is 2.79. The molecule has 0 aliphatic carbocycles. The maximum atomic E-state index is 5.62. The molecule has 1 rings (SSSR count). The molecule has 0 aromatic carbocycles. The van der Waals surface area contributed by atoms with Crippen molar-refractivity contribution >= 4 is 0 Å². The Kier molecular flexibility index (Phi) is 7.77. The standard InChI is InChI=1S/C13H27NO3/c1-4-15-13(16-5-2)8-9-14(3)11-12-7-6-10-17-12/h12-13H,4-11H2,1-3H3. The fourth-order valence-electron chi connectivity index (χ4n) is 2.14. The molecule has 1 saturated heterocycles. The van der Waals surface area contributed by atoms with Crippen LogP contribution in [0.4, 0.5) is 0 Å². The van der Waals surface area contributed by atoms with Gasteiger partial charge in [-0.05, 0) is 33.7 Å². The lowest BCUT2D eigenvalue weighted by Crippen LogP contribution is -2.32. The summed E-state index contributed by atoms with van der Waals surface area (Å²) in [5.41, 5.74) is 0. The lowest BCUT2D eigenvalue weighted by atomic mass is 10.2. The molecule has 0 spiro atoms. The Morgan fingerprint density at radius 3 is 2.53 bits per heavy atom. The third-order valence-corrected chi connectivity index (χ3v) is 2.99. The molecule has 0 aromatic rings. The van der Waals surface area contributed by atoms with Crippen LogP contribution < -0.4 is 0 Å². The minimum atomic E-state index is -0.0584. The van der Waals surface area contributed by atoms with E-state index in [1.54, 1.807) is 0 Å². The third kappa shape index (κ3) is 6.36. The van der Waals surface area contributed by atoms with Gasteiger partial charge in [-0.15, -0.1) is 0 Å².